The second-order valence-corrected chi connectivity index (χ2v) is 4.86. The average molecular weight is 280 g/mol. The molecule has 1 N–H and O–H groups in total. The van der Waals surface area contributed by atoms with Crippen molar-refractivity contribution in [3.05, 3.63) is 41.3 Å². The molecule has 108 valence electrons. The third-order valence-corrected chi connectivity index (χ3v) is 2.77. The topological polar surface area (TPSA) is 68.4 Å². The fourth-order valence-corrected chi connectivity index (χ4v) is 1.60. The van der Waals surface area contributed by atoms with Crippen molar-refractivity contribution in [2.75, 3.05) is 0 Å². The molecule has 6 heteroatoms. The number of aromatic nitrogens is 2. The van der Waals surface area contributed by atoms with Crippen LogP contribution < -0.4 is 4.74 Å². The molecule has 20 heavy (non-hydrogen) atoms. The smallest absolute Gasteiger partial charge is 0.229 e. The lowest BCUT2D eigenvalue weighted by Gasteiger charge is -2.08. The van der Waals surface area contributed by atoms with Crippen molar-refractivity contribution in [3.63, 3.8) is 0 Å². The number of aliphatic hydroxyl groups excluding tert-OH is 1. The number of rotatable bonds is 5. The Bertz CT molecular complexity index is 582. The van der Waals surface area contributed by atoms with Crippen molar-refractivity contribution in [2.24, 2.45) is 0 Å². The number of hydrogen-bond acceptors (Lipinski definition) is 5. The maximum Gasteiger partial charge on any atom is 0.229 e. The van der Waals surface area contributed by atoms with Crippen LogP contribution in [0.1, 0.15) is 50.1 Å². The fraction of sp³-hybridized carbons (Fsp3) is 0.429. The molecule has 0 aliphatic rings. The summed E-state index contributed by atoms with van der Waals surface area (Å²) in [5, 5.41) is 13.1. The first-order chi connectivity index (χ1) is 9.47. The van der Waals surface area contributed by atoms with E-state index in [1.807, 2.05) is 13.8 Å². The second-order valence-electron chi connectivity index (χ2n) is 4.86. The minimum atomic E-state index is -0.718. The zero-order valence-electron chi connectivity index (χ0n) is 11.6. The zero-order valence-corrected chi connectivity index (χ0v) is 11.6. The maximum atomic E-state index is 13.7. The predicted molar refractivity (Wildman–Crippen MR) is 69.8 cm³/mol. The summed E-state index contributed by atoms with van der Waals surface area (Å²) in [5.74, 6) is 0.584. The van der Waals surface area contributed by atoms with Gasteiger partial charge in [-0.15, -0.1) is 0 Å². The Kier molecular flexibility index (Phi) is 4.34. The Balaban J connectivity index is 2.03. The van der Waals surface area contributed by atoms with Crippen molar-refractivity contribution in [1.29, 1.82) is 0 Å². The van der Waals surface area contributed by atoms with Gasteiger partial charge in [0, 0.05) is 5.92 Å². The van der Waals surface area contributed by atoms with Gasteiger partial charge in [0.25, 0.3) is 0 Å². The minimum absolute atomic E-state index is 0.0289. The zero-order chi connectivity index (χ0) is 14.7. The van der Waals surface area contributed by atoms with Crippen molar-refractivity contribution in [3.8, 4) is 5.75 Å². The highest BCUT2D eigenvalue weighted by Crippen LogP contribution is 2.22. The lowest BCUT2D eigenvalue weighted by Crippen LogP contribution is -2.01. The third-order valence-electron chi connectivity index (χ3n) is 2.77. The van der Waals surface area contributed by atoms with Crippen LogP contribution in [0.25, 0.3) is 0 Å². The summed E-state index contributed by atoms with van der Waals surface area (Å²) in [5.41, 5.74) is 0.497. The molecule has 1 atom stereocenters. The van der Waals surface area contributed by atoms with Gasteiger partial charge in [-0.05, 0) is 24.6 Å². The summed E-state index contributed by atoms with van der Waals surface area (Å²) in [6.07, 6.45) is -0.718. The number of nitrogens with zero attached hydrogens (tertiary/aromatic N) is 2. The lowest BCUT2D eigenvalue weighted by molar-refractivity contribution is 0.198. The van der Waals surface area contributed by atoms with Crippen LogP contribution in [-0.4, -0.2) is 15.2 Å². The first kappa shape index (κ1) is 14.5. The van der Waals surface area contributed by atoms with Gasteiger partial charge in [-0.25, -0.2) is 4.39 Å². The third kappa shape index (κ3) is 3.33. The van der Waals surface area contributed by atoms with E-state index in [2.05, 4.69) is 10.1 Å². The van der Waals surface area contributed by atoms with Crippen molar-refractivity contribution < 1.29 is 18.8 Å². The quantitative estimate of drug-likeness (QED) is 0.912. The van der Waals surface area contributed by atoms with Crippen LogP contribution >= 0.6 is 0 Å². The van der Waals surface area contributed by atoms with Crippen LogP contribution in [0.4, 0.5) is 4.39 Å². The van der Waals surface area contributed by atoms with Gasteiger partial charge in [0.15, 0.2) is 18.2 Å². The van der Waals surface area contributed by atoms with Gasteiger partial charge < -0.3 is 14.4 Å². The van der Waals surface area contributed by atoms with Crippen molar-refractivity contribution >= 4 is 0 Å². The fourth-order valence-electron chi connectivity index (χ4n) is 1.60. The molecule has 0 fully saturated rings. The molecule has 2 aromatic rings. The molecule has 1 aromatic carbocycles. The van der Waals surface area contributed by atoms with E-state index in [1.165, 1.54) is 12.1 Å². The standard InChI is InChI=1S/C14H17FN2O3/c1-8(2)14-16-13(17-20-14)7-19-12-5-4-10(9(3)18)6-11(12)15/h4-6,8-9,18H,7H2,1-3H3/t9-/m0/s1. The lowest BCUT2D eigenvalue weighted by atomic mass is 10.1. The van der Waals surface area contributed by atoms with E-state index >= 15 is 0 Å². The molecule has 0 saturated carbocycles. The van der Waals surface area contributed by atoms with Gasteiger partial charge in [-0.1, -0.05) is 25.1 Å². The van der Waals surface area contributed by atoms with Gasteiger partial charge in [-0.2, -0.15) is 4.98 Å². The van der Waals surface area contributed by atoms with Crippen LogP contribution in [-0.2, 0) is 6.61 Å². The highest BCUT2D eigenvalue weighted by atomic mass is 19.1. The summed E-state index contributed by atoms with van der Waals surface area (Å²) in [6, 6.07) is 4.33. The molecule has 2 rings (SSSR count). The Labute approximate surface area is 116 Å². The van der Waals surface area contributed by atoms with E-state index in [0.29, 0.717) is 17.3 Å². The number of benzene rings is 1. The monoisotopic (exact) mass is 280 g/mol. The predicted octanol–water partition coefficient (Wildman–Crippen LogP) is 2.96. The molecule has 0 aliphatic carbocycles. The molecule has 1 aromatic heterocycles. The van der Waals surface area contributed by atoms with Crippen molar-refractivity contribution in [2.45, 2.75) is 39.4 Å². The van der Waals surface area contributed by atoms with Crippen LogP contribution in [0.15, 0.2) is 22.7 Å². The summed E-state index contributed by atoms with van der Waals surface area (Å²) >= 11 is 0. The number of ether oxygens (including phenoxy) is 1. The van der Waals surface area contributed by atoms with Gasteiger partial charge in [0.1, 0.15) is 0 Å². The second kappa shape index (κ2) is 6.00. The van der Waals surface area contributed by atoms with Crippen molar-refractivity contribution in [1.82, 2.24) is 10.1 Å². The largest absolute Gasteiger partial charge is 0.482 e. The molecule has 0 bridgehead atoms. The Morgan fingerprint density at radius 2 is 2.10 bits per heavy atom. The Morgan fingerprint density at radius 3 is 2.65 bits per heavy atom. The molecule has 5 nitrogen and oxygen atoms in total. The molecule has 0 amide bonds. The van der Waals surface area contributed by atoms with Gasteiger partial charge in [0.2, 0.25) is 11.7 Å². The van der Waals surface area contributed by atoms with E-state index in [-0.39, 0.29) is 18.3 Å². The molecule has 0 saturated heterocycles. The summed E-state index contributed by atoms with van der Waals surface area (Å²) < 4.78 is 24.1. The van der Waals surface area contributed by atoms with E-state index in [9.17, 15) is 9.50 Å². The number of halogens is 1. The van der Waals surface area contributed by atoms with Gasteiger partial charge in [-0.3, -0.25) is 0 Å². The van der Waals surface area contributed by atoms with E-state index in [4.69, 9.17) is 9.26 Å². The van der Waals surface area contributed by atoms with Gasteiger partial charge >= 0.3 is 0 Å². The van der Waals surface area contributed by atoms with Gasteiger partial charge in [0.05, 0.1) is 6.10 Å². The Morgan fingerprint density at radius 1 is 1.35 bits per heavy atom. The summed E-state index contributed by atoms with van der Waals surface area (Å²) in [4.78, 5) is 4.14. The number of aliphatic hydroxyl groups is 1. The molecule has 0 radical (unpaired) electrons. The Hall–Kier alpha value is -1.95. The first-order valence-electron chi connectivity index (χ1n) is 6.40. The maximum absolute atomic E-state index is 13.7. The van der Waals surface area contributed by atoms with Crippen LogP contribution in [0.5, 0.6) is 5.75 Å². The highest BCUT2D eigenvalue weighted by molar-refractivity contribution is 5.30. The first-order valence-corrected chi connectivity index (χ1v) is 6.40. The van der Waals surface area contributed by atoms with Crippen LogP contribution in [0.3, 0.4) is 0 Å². The molecular weight excluding hydrogens is 263 g/mol. The minimum Gasteiger partial charge on any atom is -0.482 e. The summed E-state index contributed by atoms with van der Waals surface area (Å²) in [7, 11) is 0. The highest BCUT2D eigenvalue weighted by Gasteiger charge is 2.12. The summed E-state index contributed by atoms with van der Waals surface area (Å²) in [6.45, 7) is 5.47. The molecule has 0 aliphatic heterocycles. The molecular formula is C14H17FN2O3. The van der Waals surface area contributed by atoms with Crippen LogP contribution in [0.2, 0.25) is 0 Å². The van der Waals surface area contributed by atoms with E-state index in [0.717, 1.165) is 0 Å². The molecule has 0 spiro atoms. The van der Waals surface area contributed by atoms with E-state index in [1.54, 1.807) is 13.0 Å². The average Bonchev–Trinajstić information content (AvgIpc) is 2.86. The normalized spacial score (nSPS) is 12.7. The molecule has 1 heterocycles. The van der Waals surface area contributed by atoms with E-state index < -0.39 is 11.9 Å². The number of hydrogen-bond donors (Lipinski definition) is 1. The SMILES string of the molecule is CC(C)c1nc(COc2ccc([C@H](C)O)cc2F)no1. The van der Waals surface area contributed by atoms with Crippen LogP contribution in [0, 0.1) is 5.82 Å². The molecule has 0 unspecified atom stereocenters.